The summed E-state index contributed by atoms with van der Waals surface area (Å²) in [5.41, 5.74) is 1.56. The zero-order valence-electron chi connectivity index (χ0n) is 15.2. The molecule has 1 N–H and O–H groups in total. The van der Waals surface area contributed by atoms with Crippen molar-refractivity contribution >= 4 is 35.1 Å². The molecule has 2 heterocycles. The summed E-state index contributed by atoms with van der Waals surface area (Å²) in [6.45, 7) is 0. The van der Waals surface area contributed by atoms with Crippen LogP contribution in [0.3, 0.4) is 0 Å². The number of anilines is 1. The highest BCUT2D eigenvalue weighted by atomic mass is 32.2. The standard InChI is InChI=1S/C21H16N4O2S2/c26-19(14-28-21-25-24-20(27-21)15-10-12-22-13-11-15)23-17-8-4-5-9-18(17)29-16-6-2-1-3-7-16/h1-13H,14H2,(H,23,26). The molecular weight excluding hydrogens is 404 g/mol. The molecule has 0 unspecified atom stereocenters. The van der Waals surface area contributed by atoms with E-state index in [0.717, 1.165) is 21.0 Å². The Morgan fingerprint density at radius 1 is 0.931 bits per heavy atom. The molecule has 0 aliphatic rings. The van der Waals surface area contributed by atoms with Crippen molar-refractivity contribution in [3.05, 3.63) is 79.1 Å². The summed E-state index contributed by atoms with van der Waals surface area (Å²) in [7, 11) is 0. The largest absolute Gasteiger partial charge is 0.411 e. The lowest BCUT2D eigenvalue weighted by Crippen LogP contribution is -2.14. The van der Waals surface area contributed by atoms with E-state index in [1.54, 1.807) is 36.3 Å². The second kappa shape index (κ2) is 9.40. The van der Waals surface area contributed by atoms with Crippen LogP contribution in [0.2, 0.25) is 0 Å². The maximum absolute atomic E-state index is 12.4. The van der Waals surface area contributed by atoms with Gasteiger partial charge < -0.3 is 9.73 Å². The molecule has 6 nitrogen and oxygen atoms in total. The van der Waals surface area contributed by atoms with Gasteiger partial charge in [-0.3, -0.25) is 9.78 Å². The molecular formula is C21H16N4O2S2. The van der Waals surface area contributed by atoms with E-state index in [9.17, 15) is 4.79 Å². The molecule has 0 saturated carbocycles. The van der Waals surface area contributed by atoms with Gasteiger partial charge in [-0.15, -0.1) is 10.2 Å². The van der Waals surface area contributed by atoms with Gasteiger partial charge in [0.2, 0.25) is 11.8 Å². The second-order valence-corrected chi connectivity index (χ2v) is 7.90. The number of para-hydroxylation sites is 1. The van der Waals surface area contributed by atoms with Crippen LogP contribution in [0, 0.1) is 0 Å². The van der Waals surface area contributed by atoms with Crippen LogP contribution in [0.5, 0.6) is 0 Å². The van der Waals surface area contributed by atoms with Gasteiger partial charge >= 0.3 is 0 Å². The van der Waals surface area contributed by atoms with Gasteiger partial charge in [-0.25, -0.2) is 0 Å². The number of aromatic nitrogens is 3. The Morgan fingerprint density at radius 2 is 1.69 bits per heavy atom. The molecule has 4 aromatic rings. The number of hydrogen-bond acceptors (Lipinski definition) is 7. The van der Waals surface area contributed by atoms with Crippen molar-refractivity contribution in [1.29, 1.82) is 0 Å². The first-order chi connectivity index (χ1) is 14.3. The lowest BCUT2D eigenvalue weighted by atomic mass is 10.3. The summed E-state index contributed by atoms with van der Waals surface area (Å²) in [5.74, 6) is 0.433. The number of thioether (sulfide) groups is 1. The minimum absolute atomic E-state index is 0.139. The number of carbonyl (C=O) groups excluding carboxylic acids is 1. The van der Waals surface area contributed by atoms with Gasteiger partial charge in [0.15, 0.2) is 0 Å². The average molecular weight is 421 g/mol. The molecule has 2 aromatic carbocycles. The predicted octanol–water partition coefficient (Wildman–Crippen LogP) is 5.01. The molecule has 144 valence electrons. The van der Waals surface area contributed by atoms with E-state index in [0.29, 0.717) is 11.1 Å². The Balaban J connectivity index is 1.36. The van der Waals surface area contributed by atoms with Crippen molar-refractivity contribution in [2.75, 3.05) is 11.1 Å². The van der Waals surface area contributed by atoms with Gasteiger partial charge in [-0.1, -0.05) is 53.9 Å². The van der Waals surface area contributed by atoms with Crippen molar-refractivity contribution in [3.63, 3.8) is 0 Å². The minimum atomic E-state index is -0.139. The highest BCUT2D eigenvalue weighted by molar-refractivity contribution is 8.00. The van der Waals surface area contributed by atoms with E-state index in [-0.39, 0.29) is 11.7 Å². The number of nitrogens with zero attached hydrogens (tertiary/aromatic N) is 3. The number of hydrogen-bond donors (Lipinski definition) is 1. The summed E-state index contributed by atoms with van der Waals surface area (Å²) in [6, 6.07) is 21.3. The molecule has 0 bridgehead atoms. The maximum atomic E-state index is 12.4. The SMILES string of the molecule is O=C(CSc1nnc(-c2ccncc2)o1)Nc1ccccc1Sc1ccccc1. The van der Waals surface area contributed by atoms with E-state index < -0.39 is 0 Å². The molecule has 0 atom stereocenters. The van der Waals surface area contributed by atoms with Crippen LogP contribution < -0.4 is 5.32 Å². The predicted molar refractivity (Wildman–Crippen MR) is 114 cm³/mol. The third kappa shape index (κ3) is 5.24. The van der Waals surface area contributed by atoms with Crippen molar-refractivity contribution in [1.82, 2.24) is 15.2 Å². The first kappa shape index (κ1) is 19.2. The zero-order valence-corrected chi connectivity index (χ0v) is 16.8. The number of rotatable bonds is 7. The van der Waals surface area contributed by atoms with Gasteiger partial charge in [-0.05, 0) is 36.4 Å². The van der Waals surface area contributed by atoms with E-state index in [2.05, 4.69) is 20.5 Å². The van der Waals surface area contributed by atoms with Crippen LogP contribution in [0.4, 0.5) is 5.69 Å². The number of pyridine rings is 1. The third-order valence-corrected chi connectivity index (χ3v) is 5.69. The Morgan fingerprint density at radius 3 is 2.52 bits per heavy atom. The van der Waals surface area contributed by atoms with E-state index >= 15 is 0 Å². The van der Waals surface area contributed by atoms with E-state index in [1.165, 1.54) is 11.8 Å². The van der Waals surface area contributed by atoms with E-state index in [4.69, 9.17) is 4.42 Å². The molecule has 1 amide bonds. The molecule has 0 spiro atoms. The molecule has 29 heavy (non-hydrogen) atoms. The van der Waals surface area contributed by atoms with Crippen molar-refractivity contribution in [2.45, 2.75) is 15.0 Å². The van der Waals surface area contributed by atoms with Gasteiger partial charge in [0.1, 0.15) is 0 Å². The van der Waals surface area contributed by atoms with Crippen molar-refractivity contribution < 1.29 is 9.21 Å². The molecule has 0 fully saturated rings. The molecule has 0 aliphatic heterocycles. The van der Waals surface area contributed by atoms with Gasteiger partial charge in [-0.2, -0.15) is 0 Å². The molecule has 0 saturated heterocycles. The highest BCUT2D eigenvalue weighted by Crippen LogP contribution is 2.33. The number of nitrogens with one attached hydrogen (secondary N) is 1. The third-order valence-electron chi connectivity index (χ3n) is 3.79. The fraction of sp³-hybridized carbons (Fsp3) is 0.0476. The Kier molecular flexibility index (Phi) is 6.23. The van der Waals surface area contributed by atoms with Crippen LogP contribution in [0.15, 0.2) is 98.6 Å². The lowest BCUT2D eigenvalue weighted by Gasteiger charge is -2.10. The van der Waals surface area contributed by atoms with Crippen LogP contribution in [0.25, 0.3) is 11.5 Å². The van der Waals surface area contributed by atoms with Gasteiger partial charge in [0.05, 0.1) is 11.4 Å². The molecule has 0 aliphatic carbocycles. The molecule has 4 rings (SSSR count). The monoisotopic (exact) mass is 420 g/mol. The van der Waals surface area contributed by atoms with Gasteiger partial charge in [0.25, 0.3) is 5.22 Å². The highest BCUT2D eigenvalue weighted by Gasteiger charge is 2.12. The molecule has 0 radical (unpaired) electrons. The average Bonchev–Trinajstić information content (AvgIpc) is 3.24. The summed E-state index contributed by atoms with van der Waals surface area (Å²) in [4.78, 5) is 18.5. The van der Waals surface area contributed by atoms with Crippen molar-refractivity contribution in [2.24, 2.45) is 0 Å². The maximum Gasteiger partial charge on any atom is 0.277 e. The zero-order chi connectivity index (χ0) is 19.9. The lowest BCUT2D eigenvalue weighted by molar-refractivity contribution is -0.113. The normalized spacial score (nSPS) is 10.6. The summed E-state index contributed by atoms with van der Waals surface area (Å²) in [5, 5.41) is 11.3. The first-order valence-electron chi connectivity index (χ1n) is 8.76. The fourth-order valence-corrected chi connectivity index (χ4v) is 3.95. The van der Waals surface area contributed by atoms with E-state index in [1.807, 2.05) is 54.6 Å². The first-order valence-corrected chi connectivity index (χ1v) is 10.6. The Hall–Kier alpha value is -3.10. The van der Waals surface area contributed by atoms with Crippen LogP contribution in [-0.4, -0.2) is 26.8 Å². The number of carbonyl (C=O) groups is 1. The summed E-state index contributed by atoms with van der Waals surface area (Å²) >= 11 is 2.80. The smallest absolute Gasteiger partial charge is 0.277 e. The Labute approximate surface area is 176 Å². The van der Waals surface area contributed by atoms with Crippen LogP contribution >= 0.6 is 23.5 Å². The molecule has 2 aromatic heterocycles. The van der Waals surface area contributed by atoms with Crippen LogP contribution in [-0.2, 0) is 4.79 Å². The Bertz CT molecular complexity index is 1090. The van der Waals surface area contributed by atoms with Crippen molar-refractivity contribution in [3.8, 4) is 11.5 Å². The summed E-state index contributed by atoms with van der Waals surface area (Å²) in [6.07, 6.45) is 3.31. The summed E-state index contributed by atoms with van der Waals surface area (Å²) < 4.78 is 5.60. The second-order valence-electron chi connectivity index (χ2n) is 5.86. The quantitative estimate of drug-likeness (QED) is 0.421. The minimum Gasteiger partial charge on any atom is -0.411 e. The number of amides is 1. The number of benzene rings is 2. The fourth-order valence-electron chi connectivity index (χ4n) is 2.47. The van der Waals surface area contributed by atoms with Gasteiger partial charge in [0, 0.05) is 27.7 Å². The van der Waals surface area contributed by atoms with Crippen LogP contribution in [0.1, 0.15) is 0 Å². The molecule has 8 heteroatoms. The topological polar surface area (TPSA) is 80.9 Å².